The highest BCUT2D eigenvalue weighted by Crippen LogP contribution is 2.31. The number of nitrogen functional groups attached to an aromatic ring is 1. The Kier molecular flexibility index (Phi) is 4.02. The predicted octanol–water partition coefficient (Wildman–Crippen LogP) is 2.62. The van der Waals surface area contributed by atoms with E-state index in [1.54, 1.807) is 12.1 Å². The summed E-state index contributed by atoms with van der Waals surface area (Å²) in [6.45, 7) is 1.82. The maximum atomic E-state index is 14.0. The number of benzene rings is 1. The van der Waals surface area contributed by atoms with Gasteiger partial charge in [0.2, 0.25) is 5.82 Å². The molecule has 0 unspecified atom stereocenters. The quantitative estimate of drug-likeness (QED) is 0.870. The fourth-order valence-electron chi connectivity index (χ4n) is 1.70. The first-order valence-corrected chi connectivity index (χ1v) is 6.27. The van der Waals surface area contributed by atoms with Gasteiger partial charge in [-0.3, -0.25) is 0 Å². The van der Waals surface area contributed by atoms with Gasteiger partial charge in [-0.25, -0.2) is 4.98 Å². The molecule has 0 aliphatic rings. The highest BCUT2D eigenvalue weighted by atomic mass is 19.1. The van der Waals surface area contributed by atoms with Crippen LogP contribution in [0, 0.1) is 5.82 Å². The summed E-state index contributed by atoms with van der Waals surface area (Å²) < 4.78 is 19.5. The molecule has 6 heteroatoms. The topological polar surface area (TPSA) is 64.3 Å². The minimum Gasteiger partial charge on any atom is -0.434 e. The minimum atomic E-state index is -0.551. The van der Waals surface area contributed by atoms with Gasteiger partial charge in [-0.15, -0.1) is 0 Å². The van der Waals surface area contributed by atoms with Gasteiger partial charge in [-0.05, 0) is 18.6 Å². The molecule has 0 aliphatic carbocycles. The monoisotopic (exact) mass is 276 g/mol. The molecular formula is C14H17FN4O. The molecule has 0 radical (unpaired) electrons. The number of anilines is 2. The molecule has 0 aliphatic heterocycles. The van der Waals surface area contributed by atoms with Gasteiger partial charge >= 0.3 is 0 Å². The summed E-state index contributed by atoms with van der Waals surface area (Å²) in [7, 11) is 3.80. The van der Waals surface area contributed by atoms with Crippen molar-refractivity contribution in [1.29, 1.82) is 0 Å². The molecule has 0 spiro atoms. The van der Waals surface area contributed by atoms with Crippen molar-refractivity contribution in [2.24, 2.45) is 0 Å². The second kappa shape index (κ2) is 5.73. The van der Waals surface area contributed by atoms with E-state index in [-0.39, 0.29) is 5.88 Å². The van der Waals surface area contributed by atoms with Crippen LogP contribution in [0.1, 0.15) is 12.6 Å². The van der Waals surface area contributed by atoms with Crippen LogP contribution in [0.2, 0.25) is 0 Å². The summed E-state index contributed by atoms with van der Waals surface area (Å²) >= 11 is 0. The first-order chi connectivity index (χ1) is 9.52. The number of nitrogens with zero attached hydrogens (tertiary/aromatic N) is 3. The van der Waals surface area contributed by atoms with Crippen LogP contribution in [0.5, 0.6) is 11.6 Å². The molecule has 106 valence electrons. The van der Waals surface area contributed by atoms with Crippen LogP contribution in [0.25, 0.3) is 0 Å². The minimum absolute atomic E-state index is 0.112. The third-order valence-electron chi connectivity index (χ3n) is 2.88. The zero-order valence-electron chi connectivity index (χ0n) is 11.7. The van der Waals surface area contributed by atoms with Crippen molar-refractivity contribution in [3.63, 3.8) is 0 Å². The SMILES string of the molecule is CCc1ncnc(Oc2cc(N(C)C)ccc2N)c1F. The van der Waals surface area contributed by atoms with E-state index >= 15 is 0 Å². The zero-order chi connectivity index (χ0) is 14.7. The van der Waals surface area contributed by atoms with Crippen molar-refractivity contribution in [3.8, 4) is 11.6 Å². The van der Waals surface area contributed by atoms with Crippen molar-refractivity contribution < 1.29 is 9.13 Å². The molecule has 0 atom stereocenters. The molecule has 2 aromatic rings. The highest BCUT2D eigenvalue weighted by Gasteiger charge is 2.13. The fraction of sp³-hybridized carbons (Fsp3) is 0.286. The van der Waals surface area contributed by atoms with Crippen molar-refractivity contribution in [1.82, 2.24) is 9.97 Å². The lowest BCUT2D eigenvalue weighted by Crippen LogP contribution is -2.09. The number of hydrogen-bond donors (Lipinski definition) is 1. The summed E-state index contributed by atoms with van der Waals surface area (Å²) in [5, 5.41) is 0. The van der Waals surface area contributed by atoms with E-state index in [9.17, 15) is 4.39 Å². The Morgan fingerprint density at radius 3 is 2.70 bits per heavy atom. The van der Waals surface area contributed by atoms with Crippen LogP contribution in [0.15, 0.2) is 24.5 Å². The number of rotatable bonds is 4. The summed E-state index contributed by atoms with van der Waals surface area (Å²) in [6.07, 6.45) is 1.75. The van der Waals surface area contributed by atoms with Crippen LogP contribution >= 0.6 is 0 Å². The average molecular weight is 276 g/mol. The van der Waals surface area contributed by atoms with E-state index in [0.29, 0.717) is 23.6 Å². The molecule has 0 fully saturated rings. The largest absolute Gasteiger partial charge is 0.434 e. The Bertz CT molecular complexity index is 616. The number of aromatic nitrogens is 2. The van der Waals surface area contributed by atoms with Gasteiger partial charge in [0, 0.05) is 25.8 Å². The van der Waals surface area contributed by atoms with Crippen molar-refractivity contribution in [2.75, 3.05) is 24.7 Å². The van der Waals surface area contributed by atoms with Gasteiger partial charge in [0.15, 0.2) is 5.75 Å². The summed E-state index contributed by atoms with van der Waals surface area (Å²) in [6, 6.07) is 5.31. The van der Waals surface area contributed by atoms with Crippen LogP contribution < -0.4 is 15.4 Å². The van der Waals surface area contributed by atoms with E-state index in [1.165, 1.54) is 6.33 Å². The van der Waals surface area contributed by atoms with Gasteiger partial charge in [0.25, 0.3) is 5.88 Å². The third kappa shape index (κ3) is 2.79. The van der Waals surface area contributed by atoms with E-state index in [0.717, 1.165) is 5.69 Å². The molecule has 20 heavy (non-hydrogen) atoms. The van der Waals surface area contributed by atoms with Gasteiger partial charge in [0.1, 0.15) is 6.33 Å². The van der Waals surface area contributed by atoms with Crippen molar-refractivity contribution in [2.45, 2.75) is 13.3 Å². The molecule has 0 saturated carbocycles. The van der Waals surface area contributed by atoms with Gasteiger partial charge in [-0.2, -0.15) is 9.37 Å². The third-order valence-corrected chi connectivity index (χ3v) is 2.88. The maximum Gasteiger partial charge on any atom is 0.259 e. The molecular weight excluding hydrogens is 259 g/mol. The number of ether oxygens (including phenoxy) is 1. The molecule has 1 aromatic carbocycles. The summed E-state index contributed by atoms with van der Waals surface area (Å²) in [4.78, 5) is 9.58. The zero-order valence-corrected chi connectivity index (χ0v) is 11.7. The van der Waals surface area contributed by atoms with E-state index in [1.807, 2.05) is 32.0 Å². The maximum absolute atomic E-state index is 14.0. The Labute approximate surface area is 117 Å². The predicted molar refractivity (Wildman–Crippen MR) is 76.6 cm³/mol. The fourth-order valence-corrected chi connectivity index (χ4v) is 1.70. The van der Waals surface area contributed by atoms with Gasteiger partial charge in [0.05, 0.1) is 11.4 Å². The number of nitrogens with two attached hydrogens (primary N) is 1. The van der Waals surface area contributed by atoms with E-state index in [4.69, 9.17) is 10.5 Å². The summed E-state index contributed by atoms with van der Waals surface area (Å²) in [5.41, 5.74) is 7.49. The summed E-state index contributed by atoms with van der Waals surface area (Å²) in [5.74, 6) is -0.292. The lowest BCUT2D eigenvalue weighted by atomic mass is 10.2. The van der Waals surface area contributed by atoms with Crippen LogP contribution in [-0.4, -0.2) is 24.1 Å². The Morgan fingerprint density at radius 1 is 1.30 bits per heavy atom. The van der Waals surface area contributed by atoms with Gasteiger partial charge < -0.3 is 15.4 Å². The second-order valence-electron chi connectivity index (χ2n) is 4.51. The molecule has 0 amide bonds. The Morgan fingerprint density at radius 2 is 2.05 bits per heavy atom. The lowest BCUT2D eigenvalue weighted by Gasteiger charge is -2.15. The normalized spacial score (nSPS) is 10.4. The number of hydrogen-bond acceptors (Lipinski definition) is 5. The smallest absolute Gasteiger partial charge is 0.259 e. The number of halogens is 1. The Balaban J connectivity index is 2.37. The second-order valence-corrected chi connectivity index (χ2v) is 4.51. The van der Waals surface area contributed by atoms with Crippen LogP contribution in [-0.2, 0) is 6.42 Å². The molecule has 1 aromatic heterocycles. The van der Waals surface area contributed by atoms with Crippen molar-refractivity contribution in [3.05, 3.63) is 36.0 Å². The molecule has 5 nitrogen and oxygen atoms in total. The van der Waals surface area contributed by atoms with Crippen LogP contribution in [0.4, 0.5) is 15.8 Å². The first kappa shape index (κ1) is 14.0. The highest BCUT2D eigenvalue weighted by molar-refractivity contribution is 5.62. The molecule has 1 heterocycles. The molecule has 2 rings (SSSR count). The Hall–Kier alpha value is -2.37. The van der Waals surface area contributed by atoms with Crippen molar-refractivity contribution >= 4 is 11.4 Å². The van der Waals surface area contributed by atoms with E-state index < -0.39 is 5.82 Å². The molecule has 0 bridgehead atoms. The lowest BCUT2D eigenvalue weighted by molar-refractivity contribution is 0.417. The first-order valence-electron chi connectivity index (χ1n) is 6.27. The number of aryl methyl sites for hydroxylation is 1. The standard InChI is InChI=1S/C14H17FN4O/c1-4-11-13(15)14(18-8-17-11)20-12-7-9(19(2)3)5-6-10(12)16/h5-8H,4,16H2,1-3H3. The molecule has 0 saturated heterocycles. The average Bonchev–Trinajstić information content (AvgIpc) is 2.43. The van der Waals surface area contributed by atoms with Crippen LogP contribution in [0.3, 0.4) is 0 Å². The molecule has 2 N–H and O–H groups in total. The van der Waals surface area contributed by atoms with E-state index in [2.05, 4.69) is 9.97 Å². The van der Waals surface area contributed by atoms with Gasteiger partial charge in [-0.1, -0.05) is 6.92 Å².